The zero-order chi connectivity index (χ0) is 19.5. The van der Waals surface area contributed by atoms with Crippen LogP contribution >= 0.6 is 11.6 Å². The van der Waals surface area contributed by atoms with Gasteiger partial charge in [0.2, 0.25) is 5.91 Å². The normalized spacial score (nSPS) is 18.0. The third-order valence-electron chi connectivity index (χ3n) is 4.88. The number of hydrogen-bond acceptors (Lipinski definition) is 2. The lowest BCUT2D eigenvalue weighted by Gasteiger charge is -2.27. The highest BCUT2D eigenvalue weighted by Crippen LogP contribution is 2.28. The number of halogens is 1. The predicted molar refractivity (Wildman–Crippen MR) is 107 cm³/mol. The second-order valence-corrected chi connectivity index (χ2v) is 8.46. The van der Waals surface area contributed by atoms with E-state index in [9.17, 15) is 9.59 Å². The summed E-state index contributed by atoms with van der Waals surface area (Å²) in [6, 6.07) is -0.0516. The highest BCUT2D eigenvalue weighted by molar-refractivity contribution is 6.29. The molecule has 0 unspecified atom stereocenters. The van der Waals surface area contributed by atoms with Crippen LogP contribution in [-0.4, -0.2) is 23.0 Å². The van der Waals surface area contributed by atoms with Crippen molar-refractivity contribution in [3.05, 3.63) is 23.8 Å². The molecule has 0 aliphatic heterocycles. The molecule has 1 fully saturated rings. The topological polar surface area (TPSA) is 66.4 Å². The van der Waals surface area contributed by atoms with E-state index in [0.29, 0.717) is 16.9 Å². The van der Waals surface area contributed by atoms with Crippen LogP contribution < -0.4 is 5.32 Å². The zero-order valence-electron chi connectivity index (χ0n) is 16.2. The maximum Gasteiger partial charge on any atom is 0.304 e. The van der Waals surface area contributed by atoms with Crippen LogP contribution in [0, 0.1) is 17.8 Å². The fourth-order valence-corrected chi connectivity index (χ4v) is 3.71. The molecule has 1 rings (SSSR count). The minimum Gasteiger partial charge on any atom is -0.481 e. The van der Waals surface area contributed by atoms with E-state index >= 15 is 0 Å². The molecule has 0 bridgehead atoms. The zero-order valence-corrected chi connectivity index (χ0v) is 16.9. The summed E-state index contributed by atoms with van der Waals surface area (Å²) in [4.78, 5) is 23.7. The number of allylic oxidation sites excluding steroid dienone is 2. The average Bonchev–Trinajstić information content (AvgIpc) is 2.53. The fourth-order valence-electron chi connectivity index (χ4n) is 3.52. The molecule has 2 atom stereocenters. The molecule has 5 heteroatoms. The van der Waals surface area contributed by atoms with E-state index in [2.05, 4.69) is 37.9 Å². The van der Waals surface area contributed by atoms with Crippen molar-refractivity contribution in [2.24, 2.45) is 17.8 Å². The lowest BCUT2D eigenvalue weighted by Crippen LogP contribution is -2.40. The van der Waals surface area contributed by atoms with Gasteiger partial charge in [-0.1, -0.05) is 76.3 Å². The third kappa shape index (κ3) is 10.0. The van der Waals surface area contributed by atoms with Crippen LogP contribution in [0.4, 0.5) is 0 Å². The summed E-state index contributed by atoms with van der Waals surface area (Å²) in [6.45, 7) is 7.93. The summed E-state index contributed by atoms with van der Waals surface area (Å²) in [7, 11) is 0. The standard InChI is InChI=1S/C21H34ClNO3/c1-15(2)8-7-11-19(13-17-9-5-4-6-10-17)23-21(26)18(12-16(3)22)14-20(24)25/h7,11,15,17-19H,3-6,8-10,12-14H2,1-2H3,(H,23,26)(H,24,25)/b11-7-/t18-,19-/m1/s1. The first kappa shape index (κ1) is 22.8. The van der Waals surface area contributed by atoms with Gasteiger partial charge in [0.1, 0.15) is 0 Å². The molecule has 0 aromatic carbocycles. The Kier molecular flexibility index (Phi) is 10.6. The second-order valence-electron chi connectivity index (χ2n) is 7.93. The summed E-state index contributed by atoms with van der Waals surface area (Å²) in [5.74, 6) is -0.730. The second kappa shape index (κ2) is 12.2. The molecule has 1 saturated carbocycles. The average molecular weight is 384 g/mol. The SMILES string of the molecule is C=C(Cl)C[C@H](CC(=O)O)C(=O)N[C@H](/C=C\CC(C)C)CC1CCCCC1. The Hall–Kier alpha value is -1.29. The Morgan fingerprint density at radius 1 is 1.23 bits per heavy atom. The van der Waals surface area contributed by atoms with Crippen molar-refractivity contribution in [2.45, 2.75) is 77.7 Å². The van der Waals surface area contributed by atoms with Crippen molar-refractivity contribution in [3.63, 3.8) is 0 Å². The van der Waals surface area contributed by atoms with Gasteiger partial charge >= 0.3 is 5.97 Å². The Morgan fingerprint density at radius 3 is 2.42 bits per heavy atom. The van der Waals surface area contributed by atoms with Gasteiger partial charge < -0.3 is 10.4 Å². The minimum atomic E-state index is -0.998. The highest BCUT2D eigenvalue weighted by atomic mass is 35.5. The van der Waals surface area contributed by atoms with Crippen molar-refractivity contribution in [3.8, 4) is 0 Å². The minimum absolute atomic E-state index is 0.0516. The Morgan fingerprint density at radius 2 is 1.88 bits per heavy atom. The number of rotatable bonds is 11. The van der Waals surface area contributed by atoms with Crippen molar-refractivity contribution in [2.75, 3.05) is 0 Å². The third-order valence-corrected chi connectivity index (χ3v) is 5.03. The van der Waals surface area contributed by atoms with Gasteiger partial charge in [0.25, 0.3) is 0 Å². The molecule has 0 spiro atoms. The number of carbonyl (C=O) groups excluding carboxylic acids is 1. The maximum atomic E-state index is 12.7. The van der Waals surface area contributed by atoms with Gasteiger partial charge in [-0.05, 0) is 31.1 Å². The molecule has 0 aromatic heterocycles. The van der Waals surface area contributed by atoms with E-state index in [0.717, 1.165) is 12.8 Å². The molecule has 0 radical (unpaired) electrons. The lowest BCUT2D eigenvalue weighted by molar-refractivity contribution is -0.141. The van der Waals surface area contributed by atoms with Gasteiger partial charge in [0.05, 0.1) is 12.3 Å². The number of amides is 1. The van der Waals surface area contributed by atoms with Crippen LogP contribution in [0.3, 0.4) is 0 Å². The van der Waals surface area contributed by atoms with Crippen LogP contribution in [-0.2, 0) is 9.59 Å². The summed E-state index contributed by atoms with van der Waals surface area (Å²) >= 11 is 5.83. The van der Waals surface area contributed by atoms with Gasteiger partial charge in [-0.25, -0.2) is 0 Å². The molecule has 1 aliphatic rings. The molecule has 4 nitrogen and oxygen atoms in total. The molecule has 0 saturated heterocycles. The monoisotopic (exact) mass is 383 g/mol. The molecular weight excluding hydrogens is 350 g/mol. The molecule has 0 heterocycles. The number of aliphatic carboxylic acids is 1. The number of carboxylic acid groups (broad SMARTS) is 1. The summed E-state index contributed by atoms with van der Waals surface area (Å²) in [5.41, 5.74) is 0. The first-order valence-corrected chi connectivity index (χ1v) is 10.2. The van der Waals surface area contributed by atoms with E-state index in [1.807, 2.05) is 0 Å². The van der Waals surface area contributed by atoms with Gasteiger partial charge in [-0.3, -0.25) is 9.59 Å². The van der Waals surface area contributed by atoms with Crippen LogP contribution in [0.5, 0.6) is 0 Å². The first-order valence-electron chi connectivity index (χ1n) is 9.80. The van der Waals surface area contributed by atoms with Crippen LogP contribution in [0.15, 0.2) is 23.8 Å². The maximum absolute atomic E-state index is 12.7. The summed E-state index contributed by atoms with van der Waals surface area (Å²) < 4.78 is 0. The van der Waals surface area contributed by atoms with Crippen LogP contribution in [0.1, 0.15) is 71.6 Å². The highest BCUT2D eigenvalue weighted by Gasteiger charge is 2.25. The molecule has 1 amide bonds. The van der Waals surface area contributed by atoms with Gasteiger partial charge in [-0.2, -0.15) is 0 Å². The number of carboxylic acids is 1. The fraction of sp³-hybridized carbons (Fsp3) is 0.714. The summed E-state index contributed by atoms with van der Waals surface area (Å²) in [5, 5.41) is 12.4. The molecular formula is C21H34ClNO3. The van der Waals surface area contributed by atoms with Gasteiger partial charge in [0.15, 0.2) is 0 Å². The predicted octanol–water partition coefficient (Wildman–Crippen LogP) is 5.28. The molecule has 1 aliphatic carbocycles. The van der Waals surface area contributed by atoms with Crippen LogP contribution in [0.25, 0.3) is 0 Å². The van der Waals surface area contributed by atoms with Crippen molar-refractivity contribution < 1.29 is 14.7 Å². The Balaban J connectivity index is 2.75. The van der Waals surface area contributed by atoms with E-state index in [1.54, 1.807) is 0 Å². The van der Waals surface area contributed by atoms with Crippen LogP contribution in [0.2, 0.25) is 0 Å². The van der Waals surface area contributed by atoms with E-state index < -0.39 is 11.9 Å². The first-order chi connectivity index (χ1) is 12.3. The number of carbonyl (C=O) groups is 2. The molecule has 26 heavy (non-hydrogen) atoms. The molecule has 148 valence electrons. The molecule has 0 aromatic rings. The van der Waals surface area contributed by atoms with Crippen molar-refractivity contribution in [1.82, 2.24) is 5.32 Å². The van der Waals surface area contributed by atoms with E-state index in [1.165, 1.54) is 32.1 Å². The Labute approximate surface area is 163 Å². The number of hydrogen-bond donors (Lipinski definition) is 2. The largest absolute Gasteiger partial charge is 0.481 e. The summed E-state index contributed by atoms with van der Waals surface area (Å²) in [6.07, 6.45) is 12.3. The van der Waals surface area contributed by atoms with Gasteiger partial charge in [0, 0.05) is 11.1 Å². The smallest absolute Gasteiger partial charge is 0.304 e. The van der Waals surface area contributed by atoms with E-state index in [4.69, 9.17) is 16.7 Å². The van der Waals surface area contributed by atoms with Crippen molar-refractivity contribution in [1.29, 1.82) is 0 Å². The quantitative estimate of drug-likeness (QED) is 0.477. The number of nitrogens with one attached hydrogen (secondary N) is 1. The van der Waals surface area contributed by atoms with Gasteiger partial charge in [-0.15, -0.1) is 0 Å². The van der Waals surface area contributed by atoms with E-state index in [-0.39, 0.29) is 24.8 Å². The Bertz CT molecular complexity index is 479. The lowest BCUT2D eigenvalue weighted by atomic mass is 9.84. The molecule has 2 N–H and O–H groups in total. The van der Waals surface area contributed by atoms with Crippen molar-refractivity contribution >= 4 is 23.5 Å².